The van der Waals surface area contributed by atoms with Crippen LogP contribution in [0.25, 0.3) is 0 Å². The molecule has 2 rings (SSSR count). The summed E-state index contributed by atoms with van der Waals surface area (Å²) in [5, 5.41) is 0. The molecule has 0 aromatic heterocycles. The molecule has 0 saturated heterocycles. The van der Waals surface area contributed by atoms with Crippen LogP contribution < -0.4 is 0 Å². The quantitative estimate of drug-likeness (QED) is 0.304. The van der Waals surface area contributed by atoms with Crippen LogP contribution in [0.15, 0.2) is 24.3 Å². The molecule has 0 saturated carbocycles. The van der Waals surface area contributed by atoms with Gasteiger partial charge in [0.2, 0.25) is 0 Å². The first kappa shape index (κ1) is 37.1. The van der Waals surface area contributed by atoms with Crippen molar-refractivity contribution < 1.29 is 53.0 Å². The zero-order chi connectivity index (χ0) is 16.8. The molecule has 22 heavy (non-hydrogen) atoms. The first-order valence-electron chi connectivity index (χ1n) is 4.71. The minimum absolute atomic E-state index is 0. The van der Waals surface area contributed by atoms with Gasteiger partial charge in [-0.25, -0.2) is 19.1 Å². The SMILES string of the molecule is C[c-]1[c-][c-][c-][c-]1.C[c-]1cccc1.[C-]#[O+].[C-]#[O+].[CH-]=O.[CH-]=O.[Fe+6].[Fe]. The number of aryl methyl sites for hydroxylation is 2. The third kappa shape index (κ3) is 36.3. The van der Waals surface area contributed by atoms with Gasteiger partial charge in [-0.05, 0) is 0 Å². The molecule has 6 heteroatoms. The van der Waals surface area contributed by atoms with Crippen LogP contribution in [0.5, 0.6) is 0 Å². The van der Waals surface area contributed by atoms with E-state index in [1.165, 1.54) is 5.56 Å². The van der Waals surface area contributed by atoms with Gasteiger partial charge in [-0.2, -0.15) is 17.7 Å². The molecule has 2 aromatic carbocycles. The minimum atomic E-state index is 0. The van der Waals surface area contributed by atoms with E-state index < -0.39 is 0 Å². The van der Waals surface area contributed by atoms with Gasteiger partial charge < -0.3 is 39.4 Å². The Hall–Kier alpha value is -1.44. The first-order valence-corrected chi connectivity index (χ1v) is 4.71. The Balaban J connectivity index is -0.0000000380. The van der Waals surface area contributed by atoms with Crippen LogP contribution in [0.1, 0.15) is 11.1 Å². The predicted octanol–water partition coefficient (Wildman–Crippen LogP) is 2.00. The van der Waals surface area contributed by atoms with Crippen LogP contribution in [0.3, 0.4) is 0 Å². The molecular formula is C16H12Fe2O4-2. The van der Waals surface area contributed by atoms with Gasteiger partial charge >= 0.3 is 39.7 Å². The Kier molecular flexibility index (Phi) is 72.0. The summed E-state index contributed by atoms with van der Waals surface area (Å²) in [5.74, 6) is 0. The Labute approximate surface area is 153 Å². The summed E-state index contributed by atoms with van der Waals surface area (Å²) in [6, 6.07) is 19.0. The summed E-state index contributed by atoms with van der Waals surface area (Å²) in [6.07, 6.45) is 0. The van der Waals surface area contributed by atoms with Crippen molar-refractivity contribution in [1.82, 2.24) is 0 Å². The Morgan fingerprint density at radius 2 is 1.14 bits per heavy atom. The maximum absolute atomic E-state index is 7.75. The van der Waals surface area contributed by atoms with E-state index in [4.69, 9.17) is 18.9 Å². The summed E-state index contributed by atoms with van der Waals surface area (Å²) >= 11 is 0. The van der Waals surface area contributed by atoms with Crippen LogP contribution >= 0.6 is 0 Å². The van der Waals surface area contributed by atoms with Crippen molar-refractivity contribution in [3.63, 3.8) is 0 Å². The maximum atomic E-state index is 7.75. The molecule has 0 amide bonds. The number of carbonyl (C=O) groups excluding carboxylic acids is 2. The largest absolute Gasteiger partial charge is 6.00 e. The second-order valence-corrected chi connectivity index (χ2v) is 2.59. The van der Waals surface area contributed by atoms with Crippen LogP contribution in [0.4, 0.5) is 0 Å². The average Bonchev–Trinajstić information content (AvgIpc) is 3.22. The molecule has 0 fully saturated rings. The van der Waals surface area contributed by atoms with Crippen LogP contribution in [0, 0.1) is 51.4 Å². The molecule has 0 heterocycles. The van der Waals surface area contributed by atoms with Crippen molar-refractivity contribution in [2.75, 3.05) is 0 Å². The zero-order valence-corrected chi connectivity index (χ0v) is 14.0. The monoisotopic (exact) mass is 380 g/mol. The molecule has 0 radical (unpaired) electrons. The van der Waals surface area contributed by atoms with E-state index in [-0.39, 0.29) is 34.1 Å². The van der Waals surface area contributed by atoms with Gasteiger partial charge in [-0.1, -0.05) is 6.92 Å². The normalized spacial score (nSPS) is 5.36. The molecule has 0 bridgehead atoms. The van der Waals surface area contributed by atoms with E-state index >= 15 is 0 Å². The molecule has 0 spiro atoms. The summed E-state index contributed by atoms with van der Waals surface area (Å²) in [6.45, 7) is 19.5. The molecule has 2 aromatic rings. The van der Waals surface area contributed by atoms with Gasteiger partial charge in [0, 0.05) is 17.1 Å². The van der Waals surface area contributed by atoms with Crippen LogP contribution in [0.2, 0.25) is 0 Å². The number of rotatable bonds is 0. The van der Waals surface area contributed by atoms with Crippen molar-refractivity contribution in [2.24, 2.45) is 0 Å². The second-order valence-electron chi connectivity index (χ2n) is 2.59. The fourth-order valence-corrected chi connectivity index (χ4v) is 0.751. The van der Waals surface area contributed by atoms with E-state index in [2.05, 4.69) is 70.2 Å². The molecule has 0 N–H and O–H groups in total. The Bertz CT molecular complexity index is 352. The molecule has 0 atom stereocenters. The van der Waals surface area contributed by atoms with Crippen molar-refractivity contribution >= 4 is 13.6 Å². The van der Waals surface area contributed by atoms with Crippen molar-refractivity contribution in [2.45, 2.75) is 13.8 Å². The Morgan fingerprint density at radius 3 is 1.23 bits per heavy atom. The van der Waals surface area contributed by atoms with E-state index in [1.54, 1.807) is 0 Å². The van der Waals surface area contributed by atoms with E-state index in [1.807, 2.05) is 19.1 Å². The van der Waals surface area contributed by atoms with Gasteiger partial charge in [0.05, 0.1) is 0 Å². The van der Waals surface area contributed by atoms with Crippen molar-refractivity contribution in [1.29, 1.82) is 0 Å². The summed E-state index contributed by atoms with van der Waals surface area (Å²) in [7, 11) is 0. The van der Waals surface area contributed by atoms with E-state index in [0.29, 0.717) is 0 Å². The molecule has 0 aliphatic carbocycles. The predicted molar refractivity (Wildman–Crippen MR) is 70.2 cm³/mol. The topological polar surface area (TPSA) is 73.9 Å². The van der Waals surface area contributed by atoms with E-state index in [9.17, 15) is 0 Å². The van der Waals surface area contributed by atoms with Gasteiger partial charge in [-0.3, -0.25) is 13.6 Å². The molecular weight excluding hydrogens is 368 g/mol. The van der Waals surface area contributed by atoms with Crippen molar-refractivity contribution in [3.05, 3.63) is 73.0 Å². The minimum Gasteiger partial charge on any atom is -0.545 e. The van der Waals surface area contributed by atoms with Crippen LogP contribution in [-0.4, -0.2) is 13.6 Å². The average molecular weight is 380 g/mol. The van der Waals surface area contributed by atoms with Gasteiger partial charge in [-0.15, -0.1) is 0 Å². The first-order chi connectivity index (χ1) is 9.79. The van der Waals surface area contributed by atoms with Crippen molar-refractivity contribution in [3.8, 4) is 0 Å². The van der Waals surface area contributed by atoms with Gasteiger partial charge in [0.15, 0.2) is 0 Å². The maximum Gasteiger partial charge on any atom is 6.00 e. The van der Waals surface area contributed by atoms with Crippen LogP contribution in [-0.2, 0) is 53.0 Å². The summed E-state index contributed by atoms with van der Waals surface area (Å²) in [5.41, 5.74) is 2.32. The zero-order valence-electron chi connectivity index (χ0n) is 11.8. The molecule has 0 aliphatic rings. The fourth-order valence-electron chi connectivity index (χ4n) is 0.751. The molecule has 4 nitrogen and oxygen atoms in total. The van der Waals surface area contributed by atoms with Gasteiger partial charge in [0.25, 0.3) is 0 Å². The standard InChI is InChI=1S/C6H7.C6H3.2CHO.2CO.2Fe/c2*1-6-4-2-3-5-6;4*1-2;;/h2-5H,1H3;1H3;2*1H;;;;/q-1;-5;2*-1;;;;+6. The number of hydrogen-bond acceptors (Lipinski definition) is 2. The third-order valence-corrected chi connectivity index (χ3v) is 1.39. The summed E-state index contributed by atoms with van der Waals surface area (Å²) in [4.78, 5) is 15.5. The number of hydrogen-bond donors (Lipinski definition) is 0. The molecule has 0 aliphatic heterocycles. The summed E-state index contributed by atoms with van der Waals surface area (Å²) < 4.78 is 15.0. The smallest absolute Gasteiger partial charge is 0.545 e. The van der Waals surface area contributed by atoms with Gasteiger partial charge in [0.1, 0.15) is 0 Å². The molecule has 118 valence electrons. The third-order valence-electron chi connectivity index (χ3n) is 1.39. The Morgan fingerprint density at radius 1 is 0.864 bits per heavy atom. The van der Waals surface area contributed by atoms with E-state index in [0.717, 1.165) is 5.56 Å². The molecule has 0 unspecified atom stereocenters. The second kappa shape index (κ2) is 42.7. The fraction of sp³-hybridized carbons (Fsp3) is 0.125.